The Balaban J connectivity index is 0.00000338. The van der Waals surface area contributed by atoms with E-state index in [-0.39, 0.29) is 24.0 Å². The molecule has 0 saturated heterocycles. The average Bonchev–Trinajstić information content (AvgIpc) is 3.16. The number of hydrogen-bond donors (Lipinski definition) is 2. The molecule has 0 amide bonds. The third-order valence-electron chi connectivity index (χ3n) is 3.70. The highest BCUT2D eigenvalue weighted by Crippen LogP contribution is 2.09. The zero-order valence-corrected chi connectivity index (χ0v) is 18.6. The maximum Gasteiger partial charge on any atom is 0.191 e. The number of benzene rings is 1. The molecule has 0 aliphatic heterocycles. The van der Waals surface area contributed by atoms with Gasteiger partial charge in [-0.25, -0.2) is 4.99 Å². The second-order valence-corrected chi connectivity index (χ2v) is 6.79. The predicted octanol–water partition coefficient (Wildman–Crippen LogP) is 4.46. The summed E-state index contributed by atoms with van der Waals surface area (Å²) >= 11 is 1.74. The van der Waals surface area contributed by atoms with Crippen LogP contribution < -0.4 is 10.6 Å². The van der Waals surface area contributed by atoms with Crippen LogP contribution in [0.1, 0.15) is 30.2 Å². The largest absolute Gasteiger partial charge is 0.381 e. The van der Waals surface area contributed by atoms with Crippen LogP contribution in [0.25, 0.3) is 0 Å². The fraction of sp³-hybridized carbons (Fsp3) is 0.450. The van der Waals surface area contributed by atoms with Gasteiger partial charge in [-0.2, -0.15) is 0 Å². The molecule has 0 radical (unpaired) electrons. The van der Waals surface area contributed by atoms with Gasteiger partial charge in [0.2, 0.25) is 0 Å². The molecule has 0 aliphatic carbocycles. The SMILES string of the molecule is CCNC(=NCc1cccs1)NCCCCOCCc1ccccc1.I. The van der Waals surface area contributed by atoms with Crippen LogP contribution in [0.2, 0.25) is 0 Å². The van der Waals surface area contributed by atoms with Crippen LogP contribution in [0.5, 0.6) is 0 Å². The van der Waals surface area contributed by atoms with Crippen molar-refractivity contribution in [1.82, 2.24) is 10.6 Å². The van der Waals surface area contributed by atoms with Crippen LogP contribution in [0.15, 0.2) is 52.8 Å². The number of rotatable bonds is 11. The summed E-state index contributed by atoms with van der Waals surface area (Å²) in [5, 5.41) is 8.76. The fourth-order valence-corrected chi connectivity index (χ4v) is 3.00. The zero-order valence-electron chi connectivity index (χ0n) is 15.4. The van der Waals surface area contributed by atoms with Crippen LogP contribution in [0.4, 0.5) is 0 Å². The van der Waals surface area contributed by atoms with Gasteiger partial charge in [0, 0.05) is 24.6 Å². The lowest BCUT2D eigenvalue weighted by atomic mass is 10.2. The minimum atomic E-state index is 0. The molecule has 0 bridgehead atoms. The molecule has 0 saturated carbocycles. The number of aliphatic imine (C=N–C) groups is 1. The number of guanidine groups is 1. The molecule has 1 heterocycles. The van der Waals surface area contributed by atoms with E-state index >= 15 is 0 Å². The van der Waals surface area contributed by atoms with Gasteiger partial charge >= 0.3 is 0 Å². The first-order valence-corrected chi connectivity index (χ1v) is 9.92. The Kier molecular flexibility index (Phi) is 13.2. The molecular weight excluding hydrogens is 457 g/mol. The molecule has 0 atom stereocenters. The zero-order chi connectivity index (χ0) is 17.6. The first-order chi connectivity index (χ1) is 12.4. The summed E-state index contributed by atoms with van der Waals surface area (Å²) < 4.78 is 5.72. The lowest BCUT2D eigenvalue weighted by Crippen LogP contribution is -2.37. The molecule has 6 heteroatoms. The lowest BCUT2D eigenvalue weighted by molar-refractivity contribution is 0.133. The molecule has 1 aromatic heterocycles. The van der Waals surface area contributed by atoms with E-state index in [4.69, 9.17) is 4.74 Å². The van der Waals surface area contributed by atoms with Crippen LogP contribution in [0, 0.1) is 0 Å². The number of halogens is 1. The third-order valence-corrected chi connectivity index (χ3v) is 4.56. The summed E-state index contributed by atoms with van der Waals surface area (Å²) in [6.07, 6.45) is 3.12. The molecule has 0 unspecified atom stereocenters. The number of hydrogen-bond acceptors (Lipinski definition) is 3. The van der Waals surface area contributed by atoms with E-state index in [2.05, 4.69) is 64.3 Å². The monoisotopic (exact) mass is 487 g/mol. The van der Waals surface area contributed by atoms with Crippen LogP contribution in [-0.2, 0) is 17.7 Å². The first-order valence-electron chi connectivity index (χ1n) is 9.04. The van der Waals surface area contributed by atoms with Crippen LogP contribution in [-0.4, -0.2) is 32.3 Å². The van der Waals surface area contributed by atoms with Crippen molar-refractivity contribution in [1.29, 1.82) is 0 Å². The Bertz CT molecular complexity index is 590. The van der Waals surface area contributed by atoms with Crippen molar-refractivity contribution in [2.75, 3.05) is 26.3 Å². The standard InChI is InChI=1S/C20H29N3OS.HI/c1-2-21-20(23-17-19-11-8-16-25-19)22-13-6-7-14-24-15-12-18-9-4-3-5-10-18;/h3-5,8-11,16H,2,6-7,12-15,17H2,1H3,(H2,21,22,23);1H. The molecular formula is C20H30IN3OS. The van der Waals surface area contributed by atoms with Gasteiger partial charge in [0.25, 0.3) is 0 Å². The van der Waals surface area contributed by atoms with Crippen molar-refractivity contribution in [2.45, 2.75) is 32.7 Å². The van der Waals surface area contributed by atoms with Crippen molar-refractivity contribution in [3.05, 3.63) is 58.3 Å². The predicted molar refractivity (Wildman–Crippen MR) is 123 cm³/mol. The first kappa shape index (κ1) is 22.9. The molecule has 2 rings (SSSR count). The molecule has 0 fully saturated rings. The lowest BCUT2D eigenvalue weighted by Gasteiger charge is -2.11. The van der Waals surface area contributed by atoms with E-state index in [1.165, 1.54) is 10.4 Å². The highest BCUT2D eigenvalue weighted by molar-refractivity contribution is 14.0. The molecule has 26 heavy (non-hydrogen) atoms. The molecule has 2 N–H and O–H groups in total. The normalized spacial score (nSPS) is 11.0. The van der Waals surface area contributed by atoms with E-state index in [1.807, 2.05) is 6.07 Å². The maximum atomic E-state index is 5.72. The van der Waals surface area contributed by atoms with Crippen molar-refractivity contribution >= 4 is 41.3 Å². The Morgan fingerprint density at radius 3 is 2.62 bits per heavy atom. The molecule has 0 spiro atoms. The van der Waals surface area contributed by atoms with E-state index in [0.29, 0.717) is 0 Å². The van der Waals surface area contributed by atoms with Crippen molar-refractivity contribution in [3.63, 3.8) is 0 Å². The Morgan fingerprint density at radius 2 is 1.88 bits per heavy atom. The summed E-state index contributed by atoms with van der Waals surface area (Å²) in [6, 6.07) is 14.7. The van der Waals surface area contributed by atoms with Gasteiger partial charge < -0.3 is 15.4 Å². The minimum Gasteiger partial charge on any atom is -0.381 e. The topological polar surface area (TPSA) is 45.7 Å². The molecule has 0 aliphatic rings. The summed E-state index contributed by atoms with van der Waals surface area (Å²) in [7, 11) is 0. The van der Waals surface area contributed by atoms with E-state index < -0.39 is 0 Å². The summed E-state index contributed by atoms with van der Waals surface area (Å²) in [5.74, 6) is 0.890. The second-order valence-electron chi connectivity index (χ2n) is 5.76. The van der Waals surface area contributed by atoms with E-state index in [0.717, 1.165) is 58.1 Å². The van der Waals surface area contributed by atoms with Crippen molar-refractivity contribution < 1.29 is 4.74 Å². The van der Waals surface area contributed by atoms with Crippen molar-refractivity contribution in [2.24, 2.45) is 4.99 Å². The number of nitrogens with zero attached hydrogens (tertiary/aromatic N) is 1. The third kappa shape index (κ3) is 10.1. The van der Waals surface area contributed by atoms with Crippen LogP contribution >= 0.6 is 35.3 Å². The number of ether oxygens (including phenoxy) is 1. The van der Waals surface area contributed by atoms with Gasteiger partial charge in [-0.05, 0) is 43.2 Å². The van der Waals surface area contributed by atoms with E-state index in [1.54, 1.807) is 11.3 Å². The van der Waals surface area contributed by atoms with Gasteiger partial charge in [-0.3, -0.25) is 0 Å². The summed E-state index contributed by atoms with van der Waals surface area (Å²) in [5.41, 5.74) is 1.33. The summed E-state index contributed by atoms with van der Waals surface area (Å²) in [4.78, 5) is 5.89. The van der Waals surface area contributed by atoms with Gasteiger partial charge in [-0.15, -0.1) is 35.3 Å². The fourth-order valence-electron chi connectivity index (χ4n) is 2.37. The molecule has 1 aromatic carbocycles. The number of unbranched alkanes of at least 4 members (excludes halogenated alkanes) is 1. The highest BCUT2D eigenvalue weighted by atomic mass is 127. The number of thiophene rings is 1. The van der Waals surface area contributed by atoms with Gasteiger partial charge in [0.05, 0.1) is 13.2 Å². The maximum absolute atomic E-state index is 5.72. The smallest absolute Gasteiger partial charge is 0.191 e. The Labute approximate surface area is 178 Å². The van der Waals surface area contributed by atoms with Crippen molar-refractivity contribution in [3.8, 4) is 0 Å². The highest BCUT2D eigenvalue weighted by Gasteiger charge is 1.98. The molecule has 144 valence electrons. The minimum absolute atomic E-state index is 0. The van der Waals surface area contributed by atoms with Gasteiger partial charge in [0.15, 0.2) is 5.96 Å². The molecule has 2 aromatic rings. The quantitative estimate of drug-likeness (QED) is 0.213. The average molecular weight is 487 g/mol. The summed E-state index contributed by atoms with van der Waals surface area (Å²) in [6.45, 7) is 6.22. The van der Waals surface area contributed by atoms with Gasteiger partial charge in [0.1, 0.15) is 0 Å². The Morgan fingerprint density at radius 1 is 1.04 bits per heavy atom. The van der Waals surface area contributed by atoms with Gasteiger partial charge in [-0.1, -0.05) is 36.4 Å². The number of nitrogens with one attached hydrogen (secondary N) is 2. The Hall–Kier alpha value is -1.12. The van der Waals surface area contributed by atoms with E-state index in [9.17, 15) is 0 Å². The molecule has 4 nitrogen and oxygen atoms in total. The second kappa shape index (κ2) is 15.0. The van der Waals surface area contributed by atoms with Crippen LogP contribution in [0.3, 0.4) is 0 Å².